The fourth-order valence-electron chi connectivity index (χ4n) is 3.62. The minimum absolute atomic E-state index is 0.0298. The highest BCUT2D eigenvalue weighted by atomic mass is 16.6. The van der Waals surface area contributed by atoms with Crippen LogP contribution in [0.3, 0.4) is 0 Å². The molecule has 0 aromatic carbocycles. The van der Waals surface area contributed by atoms with Crippen molar-refractivity contribution in [2.24, 2.45) is 0 Å². The van der Waals surface area contributed by atoms with Crippen LogP contribution in [-0.4, -0.2) is 45.6 Å². The van der Waals surface area contributed by atoms with Crippen LogP contribution in [0.5, 0.6) is 0 Å². The first-order chi connectivity index (χ1) is 10.2. The van der Waals surface area contributed by atoms with Gasteiger partial charge in [-0.3, -0.25) is 15.1 Å². The molecule has 1 aromatic rings. The lowest BCUT2D eigenvalue weighted by Crippen LogP contribution is -2.40. The molecule has 1 aromatic heterocycles. The molecule has 7 heteroatoms. The zero-order chi connectivity index (χ0) is 14.6. The number of aromatic nitrogens is 1. The molecule has 0 saturated carbocycles. The maximum Gasteiger partial charge on any atom is 0.314 e. The first-order valence-electron chi connectivity index (χ1n) is 7.10. The number of hydrogen-bond acceptors (Lipinski definition) is 6. The molecule has 3 atom stereocenters. The van der Waals surface area contributed by atoms with E-state index in [0.29, 0.717) is 12.4 Å². The highest BCUT2D eigenvalue weighted by Gasteiger charge is 2.52. The van der Waals surface area contributed by atoms with Crippen molar-refractivity contribution < 1.29 is 9.66 Å². The molecular weight excluding hydrogens is 272 g/mol. The molecule has 0 amide bonds. The van der Waals surface area contributed by atoms with Gasteiger partial charge in [0, 0.05) is 26.0 Å². The monoisotopic (exact) mass is 288 g/mol. The zero-order valence-electron chi connectivity index (χ0n) is 11.7. The lowest BCUT2D eigenvalue weighted by atomic mass is 10.1. The number of ether oxygens (including phenoxy) is 1. The van der Waals surface area contributed by atoms with E-state index < -0.39 is 0 Å². The average Bonchev–Trinajstić information content (AvgIpc) is 3.04. The van der Waals surface area contributed by atoms with Gasteiger partial charge >= 0.3 is 5.70 Å². The topological polar surface area (TPSA) is 71.7 Å². The molecule has 4 rings (SSSR count). The van der Waals surface area contributed by atoms with Crippen molar-refractivity contribution >= 4 is 0 Å². The van der Waals surface area contributed by atoms with Crippen LogP contribution in [0.15, 0.2) is 36.0 Å². The summed E-state index contributed by atoms with van der Waals surface area (Å²) in [4.78, 5) is 19.4. The third kappa shape index (κ3) is 1.73. The molecule has 0 N–H and O–H groups in total. The van der Waals surface area contributed by atoms with Crippen molar-refractivity contribution in [2.75, 3.05) is 13.6 Å². The van der Waals surface area contributed by atoms with Gasteiger partial charge in [0.1, 0.15) is 6.23 Å². The van der Waals surface area contributed by atoms with Crippen molar-refractivity contribution in [3.8, 4) is 0 Å². The van der Waals surface area contributed by atoms with Gasteiger partial charge in [0.15, 0.2) is 11.9 Å². The van der Waals surface area contributed by atoms with E-state index in [1.165, 1.54) is 0 Å². The summed E-state index contributed by atoms with van der Waals surface area (Å²) in [7, 11) is 1.92. The van der Waals surface area contributed by atoms with Gasteiger partial charge in [-0.1, -0.05) is 6.07 Å². The minimum atomic E-state index is -0.369. The number of fused-ring (bicyclic) bond motifs is 4. The largest absolute Gasteiger partial charge is 0.347 e. The van der Waals surface area contributed by atoms with Gasteiger partial charge in [-0.05, 0) is 24.5 Å². The number of nitrogens with zero attached hydrogens (tertiary/aromatic N) is 4. The third-order valence-electron chi connectivity index (χ3n) is 4.59. The summed E-state index contributed by atoms with van der Waals surface area (Å²) in [6, 6.07) is 3.98. The number of hydrogen-bond donors (Lipinski definition) is 0. The second-order valence-corrected chi connectivity index (χ2v) is 5.69. The Kier molecular flexibility index (Phi) is 2.65. The highest BCUT2D eigenvalue weighted by molar-refractivity contribution is 5.26. The third-order valence-corrected chi connectivity index (χ3v) is 4.59. The first-order valence-corrected chi connectivity index (χ1v) is 7.10. The van der Waals surface area contributed by atoms with E-state index in [4.69, 9.17) is 4.74 Å². The van der Waals surface area contributed by atoms with E-state index >= 15 is 0 Å². The molecule has 3 aliphatic rings. The van der Waals surface area contributed by atoms with Gasteiger partial charge in [-0.2, -0.15) is 0 Å². The molecule has 0 radical (unpaired) electrons. The smallest absolute Gasteiger partial charge is 0.314 e. The Hall–Kier alpha value is -2.15. The van der Waals surface area contributed by atoms with Gasteiger partial charge in [0.2, 0.25) is 0 Å². The Labute approximate surface area is 122 Å². The van der Waals surface area contributed by atoms with Crippen LogP contribution >= 0.6 is 0 Å². The van der Waals surface area contributed by atoms with Crippen molar-refractivity contribution in [3.05, 3.63) is 51.7 Å². The maximum absolute atomic E-state index is 11.5. The van der Waals surface area contributed by atoms with E-state index in [9.17, 15) is 10.1 Å². The Bertz CT molecular complexity index is 618. The summed E-state index contributed by atoms with van der Waals surface area (Å²) in [5.41, 5.74) is 1.28. The fraction of sp³-hybridized carbons (Fsp3) is 0.500. The number of rotatable bonds is 2. The highest BCUT2D eigenvalue weighted by Crippen LogP contribution is 2.45. The van der Waals surface area contributed by atoms with Crippen molar-refractivity contribution in [1.29, 1.82) is 0 Å². The quantitative estimate of drug-likeness (QED) is 0.604. The summed E-state index contributed by atoms with van der Waals surface area (Å²) in [5, 5.41) is 11.5. The average molecular weight is 288 g/mol. The first kappa shape index (κ1) is 12.6. The SMILES string of the molecule is CN1C2=C([N+](=O)[O-])C3CCC(O3)N2CC1c1cccnc1. The molecule has 4 heterocycles. The molecule has 2 bridgehead atoms. The van der Waals surface area contributed by atoms with Crippen LogP contribution in [0.25, 0.3) is 0 Å². The lowest BCUT2D eigenvalue weighted by Gasteiger charge is -2.31. The van der Waals surface area contributed by atoms with Crippen LogP contribution in [-0.2, 0) is 4.74 Å². The number of nitro groups is 1. The predicted molar refractivity (Wildman–Crippen MR) is 73.4 cm³/mol. The molecule has 2 fully saturated rings. The lowest BCUT2D eigenvalue weighted by molar-refractivity contribution is -0.443. The second-order valence-electron chi connectivity index (χ2n) is 5.69. The van der Waals surface area contributed by atoms with E-state index in [0.717, 1.165) is 18.4 Å². The Morgan fingerprint density at radius 2 is 2.33 bits per heavy atom. The van der Waals surface area contributed by atoms with E-state index in [-0.39, 0.29) is 29.0 Å². The summed E-state index contributed by atoms with van der Waals surface area (Å²) in [6.07, 6.45) is 4.74. The zero-order valence-corrected chi connectivity index (χ0v) is 11.7. The standard InChI is InChI=1S/C14H16N4O3/c1-16-10(9-3-2-6-15-7-9)8-17-12-5-4-11(21-12)13(14(16)17)18(19)20/h2-3,6-7,10-12H,4-5,8H2,1H3. The van der Waals surface area contributed by atoms with Crippen LogP contribution in [0.1, 0.15) is 24.4 Å². The Morgan fingerprint density at radius 3 is 3.05 bits per heavy atom. The van der Waals surface area contributed by atoms with Crippen LogP contribution in [0.2, 0.25) is 0 Å². The van der Waals surface area contributed by atoms with E-state index in [1.54, 1.807) is 6.20 Å². The minimum Gasteiger partial charge on any atom is -0.347 e. The van der Waals surface area contributed by atoms with E-state index in [1.807, 2.05) is 35.2 Å². The number of likely N-dealkylation sites (N-methyl/N-ethyl adjacent to an activating group) is 1. The molecule has 110 valence electrons. The van der Waals surface area contributed by atoms with E-state index in [2.05, 4.69) is 4.98 Å². The molecule has 7 nitrogen and oxygen atoms in total. The van der Waals surface area contributed by atoms with Crippen LogP contribution in [0, 0.1) is 10.1 Å². The molecule has 3 unspecified atom stereocenters. The van der Waals surface area contributed by atoms with Crippen molar-refractivity contribution in [3.63, 3.8) is 0 Å². The molecule has 0 aliphatic carbocycles. The van der Waals surface area contributed by atoms with Gasteiger partial charge in [0.05, 0.1) is 11.0 Å². The number of pyridine rings is 1. The predicted octanol–water partition coefficient (Wildman–Crippen LogP) is 1.33. The van der Waals surface area contributed by atoms with Gasteiger partial charge in [0.25, 0.3) is 0 Å². The van der Waals surface area contributed by atoms with Gasteiger partial charge in [-0.15, -0.1) is 0 Å². The van der Waals surface area contributed by atoms with Crippen molar-refractivity contribution in [2.45, 2.75) is 31.2 Å². The Morgan fingerprint density at radius 1 is 1.48 bits per heavy atom. The second kappa shape index (κ2) is 4.42. The summed E-state index contributed by atoms with van der Waals surface area (Å²) in [5.74, 6) is 0.715. The summed E-state index contributed by atoms with van der Waals surface area (Å²) < 4.78 is 5.80. The molecule has 21 heavy (non-hydrogen) atoms. The fourth-order valence-corrected chi connectivity index (χ4v) is 3.62. The normalized spacial score (nSPS) is 30.8. The molecular formula is C14H16N4O3. The van der Waals surface area contributed by atoms with Crippen molar-refractivity contribution in [1.82, 2.24) is 14.8 Å². The summed E-state index contributed by atoms with van der Waals surface area (Å²) >= 11 is 0. The molecule has 3 aliphatic heterocycles. The Balaban J connectivity index is 1.79. The molecule has 2 saturated heterocycles. The molecule has 0 spiro atoms. The van der Waals surface area contributed by atoms with Gasteiger partial charge < -0.3 is 14.5 Å². The van der Waals surface area contributed by atoms with Gasteiger partial charge in [-0.25, -0.2) is 0 Å². The van der Waals surface area contributed by atoms with Crippen LogP contribution in [0.4, 0.5) is 0 Å². The summed E-state index contributed by atoms with van der Waals surface area (Å²) in [6.45, 7) is 0.701. The van der Waals surface area contributed by atoms with Crippen LogP contribution < -0.4 is 0 Å². The maximum atomic E-state index is 11.5.